The summed E-state index contributed by atoms with van der Waals surface area (Å²) in [6.45, 7) is 43.8. The summed E-state index contributed by atoms with van der Waals surface area (Å²) in [5.41, 5.74) is 11.2. The summed E-state index contributed by atoms with van der Waals surface area (Å²) in [6, 6.07) is 52.5. The molecule has 10 aromatic rings. The van der Waals surface area contributed by atoms with Gasteiger partial charge in [0.15, 0.2) is 0 Å². The van der Waals surface area contributed by atoms with Crippen molar-refractivity contribution >= 4 is 96.8 Å². The van der Waals surface area contributed by atoms with Gasteiger partial charge in [0.1, 0.15) is 0 Å². The van der Waals surface area contributed by atoms with E-state index >= 15 is 0 Å². The maximum Gasteiger partial charge on any atom is 0.416 e. The summed E-state index contributed by atoms with van der Waals surface area (Å²) in [6.07, 6.45) is -1.02. The van der Waals surface area contributed by atoms with Crippen molar-refractivity contribution in [2.24, 2.45) is 35.5 Å². The van der Waals surface area contributed by atoms with Crippen molar-refractivity contribution in [3.05, 3.63) is 262 Å². The third-order valence-corrected chi connectivity index (χ3v) is 33.6. The molecule has 8 saturated carbocycles. The van der Waals surface area contributed by atoms with Gasteiger partial charge in [-0.05, 0) is 358 Å². The molecule has 4 nitrogen and oxygen atoms in total. The molecule has 0 aliphatic heterocycles. The maximum atomic E-state index is 14.9. The normalized spacial score (nSPS) is 23.4. The SMILES string of the molecule is CC(C)(C)c1ccc(N(c2ccc(C(C)(C)C)cc2)c2cc(Cl)cc(C34CC5CC(CC(C5)C3)C4)c2)cc1.CC(C)(C)c1ccc(N(c2ccc(C(C)(C)C)cc2)c2cc(N(c3cc(C(F)(F)F)cc(C(F)(F)F)c3)c3csc4c3C(C)(C)CCC4(C)C)cc(C34CC5CC(CC(C5)C3)C4)c2)cc1.CC1(C)CCC(C)(C)c2c(Nc3cc(C(F)(F)F)cc(C(F)(F)F)c3)csc21. The highest BCUT2D eigenvalue weighted by Gasteiger charge is 2.55. The van der Waals surface area contributed by atoms with Crippen LogP contribution in [-0.2, 0) is 78.9 Å². The van der Waals surface area contributed by atoms with Crippen LogP contribution >= 0.6 is 34.3 Å². The minimum absolute atomic E-state index is 0.0829. The van der Waals surface area contributed by atoms with E-state index in [9.17, 15) is 52.7 Å². The van der Waals surface area contributed by atoms with Gasteiger partial charge < -0.3 is 20.0 Å². The monoisotopic (exact) mass is 1860 g/mol. The van der Waals surface area contributed by atoms with E-state index in [0.717, 1.165) is 135 Å². The summed E-state index contributed by atoms with van der Waals surface area (Å²) in [5, 5.41) is 7.47. The molecule has 10 aliphatic carbocycles. The molecule has 0 amide bonds. The summed E-state index contributed by atoms with van der Waals surface area (Å²) >= 11 is 10.0. The molecule has 10 aliphatic rings. The molecule has 700 valence electrons. The minimum atomic E-state index is -5.02. The largest absolute Gasteiger partial charge is 0.416 e. The van der Waals surface area contributed by atoms with Gasteiger partial charge in [-0.25, -0.2) is 0 Å². The Kier molecular flexibility index (Phi) is 24.7. The fourth-order valence-electron chi connectivity index (χ4n) is 24.1. The third kappa shape index (κ3) is 19.7. The number of fused-ring (bicyclic) bond motifs is 2. The lowest BCUT2D eigenvalue weighted by atomic mass is 9.48. The van der Waals surface area contributed by atoms with Gasteiger partial charge in [0, 0.05) is 76.7 Å². The average molecular weight is 1860 g/mol. The van der Waals surface area contributed by atoms with Crippen molar-refractivity contribution in [3.8, 4) is 0 Å². The summed E-state index contributed by atoms with van der Waals surface area (Å²) < 4.78 is 168. The van der Waals surface area contributed by atoms with Crippen LogP contribution in [0, 0.1) is 35.5 Å². The second-order valence-electron chi connectivity index (χ2n) is 46.9. The van der Waals surface area contributed by atoms with Gasteiger partial charge in [-0.1, -0.05) is 199 Å². The number of benzene rings is 8. The smallest absolute Gasteiger partial charge is 0.355 e. The number of hydrogen-bond acceptors (Lipinski definition) is 6. The fourth-order valence-corrected chi connectivity index (χ4v) is 27.1. The molecule has 8 fully saturated rings. The first-order valence-electron chi connectivity index (χ1n) is 47.0. The van der Waals surface area contributed by atoms with E-state index in [1.54, 1.807) is 21.6 Å². The first kappa shape index (κ1) is 95.9. The lowest BCUT2D eigenvalue weighted by Crippen LogP contribution is -2.48. The summed E-state index contributed by atoms with van der Waals surface area (Å²) in [7, 11) is 0. The van der Waals surface area contributed by atoms with Crippen LogP contribution < -0.4 is 20.0 Å². The zero-order valence-electron chi connectivity index (χ0n) is 79.7. The van der Waals surface area contributed by atoms with Crippen LogP contribution in [-0.4, -0.2) is 0 Å². The third-order valence-electron chi connectivity index (χ3n) is 30.7. The van der Waals surface area contributed by atoms with Crippen LogP contribution in [0.15, 0.2) is 181 Å². The quantitative estimate of drug-likeness (QED) is 0.116. The van der Waals surface area contributed by atoms with Gasteiger partial charge >= 0.3 is 24.7 Å². The molecule has 0 atom stereocenters. The van der Waals surface area contributed by atoms with Gasteiger partial charge in [-0.2, -0.15) is 52.7 Å². The number of halogens is 13. The molecule has 19 heteroatoms. The zero-order valence-corrected chi connectivity index (χ0v) is 82.1. The average Bonchev–Trinajstić information content (AvgIpc) is 1.70. The van der Waals surface area contributed by atoms with Crippen molar-refractivity contribution < 1.29 is 52.7 Å². The molecule has 0 spiro atoms. The summed E-state index contributed by atoms with van der Waals surface area (Å²) in [5.74, 6) is 4.53. The lowest BCUT2D eigenvalue weighted by Gasteiger charge is -2.57. The van der Waals surface area contributed by atoms with Crippen LogP contribution in [0.1, 0.15) is 318 Å². The van der Waals surface area contributed by atoms with Crippen LogP contribution in [0.3, 0.4) is 0 Å². The molecule has 0 radical (unpaired) electrons. The number of nitrogens with one attached hydrogen (secondary N) is 1. The Bertz CT molecular complexity index is 5600. The Balaban J connectivity index is 0.000000160. The predicted molar refractivity (Wildman–Crippen MR) is 519 cm³/mol. The molecular formula is C112H129ClF12N4S2. The predicted octanol–water partition coefficient (Wildman–Crippen LogP) is 36.9. The number of alkyl halides is 12. The Hall–Kier alpha value is -8.19. The van der Waals surface area contributed by atoms with E-state index in [0.29, 0.717) is 40.2 Å². The highest BCUT2D eigenvalue weighted by atomic mass is 35.5. The lowest BCUT2D eigenvalue weighted by molar-refractivity contribution is -0.144. The van der Waals surface area contributed by atoms with E-state index in [4.69, 9.17) is 11.6 Å². The fraction of sp³-hybridized carbons (Fsp3) is 0.500. The van der Waals surface area contributed by atoms with Gasteiger partial charge in [0.05, 0.1) is 33.6 Å². The molecule has 131 heavy (non-hydrogen) atoms. The first-order valence-corrected chi connectivity index (χ1v) is 49.2. The molecule has 0 unspecified atom stereocenters. The maximum absolute atomic E-state index is 14.9. The standard InChI is InChI=1S/C56H64F6N2S.C36H44ClN.C20H21F6NS/c1-50(2,3)37-11-15-42(16-12-37)63(43-17-13-38(14-18-43)51(4,5)6)45-25-39(54-30-34-21-35(31-54)23-36(22-34)32-54)26-46(29-45)64(44-27-40(55(57,58)59)24-41(28-44)56(60,61)62)47-33-65-49-48(47)52(7,8)19-20-53(49,9)10;1-34(2,3)27-7-11-31(12-8-27)38(32-13-9-28(10-14-32)35(4,5)6)33-19-29(18-30(37)20-33)36-21-24-15-25(22-36)17-26(16-24)23-36;1-17(2)5-6-18(3,4)16-15(17)14(10-28-16)27-13-8-11(19(21,22)23)7-12(9-13)20(24,25)26/h11-18,24-29,33-36H,19-23,30-32H2,1-10H3;7-14,18-20,24-26H,15-17,21-23H2,1-6H3;7-10,27H,5-6H2,1-4H3. The molecular weight excluding hydrogens is 1730 g/mol. The Labute approximate surface area is 782 Å². The van der Waals surface area contributed by atoms with Gasteiger partial charge in [0.2, 0.25) is 0 Å². The van der Waals surface area contributed by atoms with Gasteiger partial charge in [0.25, 0.3) is 0 Å². The van der Waals surface area contributed by atoms with Crippen LogP contribution in [0.25, 0.3) is 0 Å². The van der Waals surface area contributed by atoms with Crippen molar-refractivity contribution in [2.45, 2.75) is 320 Å². The number of anilines is 11. The molecule has 2 heterocycles. The van der Waals surface area contributed by atoms with Crippen molar-refractivity contribution in [1.82, 2.24) is 0 Å². The number of thiophene rings is 2. The Morgan fingerprint density at radius 3 is 0.901 bits per heavy atom. The Morgan fingerprint density at radius 1 is 0.298 bits per heavy atom. The van der Waals surface area contributed by atoms with Gasteiger partial charge in [-0.15, -0.1) is 22.7 Å². The first-order chi connectivity index (χ1) is 60.6. The van der Waals surface area contributed by atoms with Crippen LogP contribution in [0.4, 0.5) is 115 Å². The van der Waals surface area contributed by atoms with E-state index in [2.05, 4.69) is 267 Å². The molecule has 8 aromatic carbocycles. The highest BCUT2D eigenvalue weighted by Crippen LogP contribution is 2.65. The number of nitrogens with zero attached hydrogens (tertiary/aromatic N) is 3. The van der Waals surface area contributed by atoms with E-state index in [1.807, 2.05) is 25.3 Å². The van der Waals surface area contributed by atoms with Crippen molar-refractivity contribution in [1.29, 1.82) is 0 Å². The number of rotatable bonds is 13. The van der Waals surface area contributed by atoms with Crippen molar-refractivity contribution in [2.75, 3.05) is 20.0 Å². The van der Waals surface area contributed by atoms with E-state index in [-0.39, 0.29) is 66.8 Å². The Morgan fingerprint density at radius 2 is 0.573 bits per heavy atom. The van der Waals surface area contributed by atoms with Gasteiger partial charge in [-0.3, -0.25) is 0 Å². The molecule has 20 rings (SSSR count). The second kappa shape index (κ2) is 33.7. The number of hydrogen-bond donors (Lipinski definition) is 1. The van der Waals surface area contributed by atoms with Crippen molar-refractivity contribution in [3.63, 3.8) is 0 Å². The van der Waals surface area contributed by atoms with E-state index in [1.165, 1.54) is 114 Å². The van der Waals surface area contributed by atoms with E-state index < -0.39 is 52.4 Å². The van der Waals surface area contributed by atoms with Crippen LogP contribution in [0.5, 0.6) is 0 Å². The highest BCUT2D eigenvalue weighted by molar-refractivity contribution is 7.11. The molecule has 2 aromatic heterocycles. The zero-order chi connectivity index (χ0) is 94.9. The second-order valence-corrected chi connectivity index (χ2v) is 49.1. The molecule has 0 saturated heterocycles. The topological polar surface area (TPSA) is 21.8 Å². The summed E-state index contributed by atoms with van der Waals surface area (Å²) in [4.78, 5) is 8.63. The van der Waals surface area contributed by atoms with Crippen LogP contribution in [0.2, 0.25) is 5.02 Å². The molecule has 1 N–H and O–H groups in total. The minimum Gasteiger partial charge on any atom is -0.355 e. The molecule has 8 bridgehead atoms.